The number of halogens is 1. The number of thiophene rings is 1. The molecule has 24 heavy (non-hydrogen) atoms. The molecule has 0 aliphatic carbocycles. The van der Waals surface area contributed by atoms with E-state index in [2.05, 4.69) is 0 Å². The van der Waals surface area contributed by atoms with Crippen molar-refractivity contribution in [3.05, 3.63) is 76.1 Å². The highest BCUT2D eigenvalue weighted by Crippen LogP contribution is 2.25. The monoisotopic (exact) mass is 365 g/mol. The Morgan fingerprint density at radius 3 is 2.67 bits per heavy atom. The zero-order valence-corrected chi connectivity index (χ0v) is 14.6. The first-order valence-electron chi connectivity index (χ1n) is 7.26. The number of hydrogen-bond acceptors (Lipinski definition) is 4. The molecule has 0 unspecified atom stereocenters. The van der Waals surface area contributed by atoms with Gasteiger partial charge in [-0.1, -0.05) is 6.07 Å². The van der Waals surface area contributed by atoms with E-state index in [-0.39, 0.29) is 18.0 Å². The molecule has 0 amide bonds. The van der Waals surface area contributed by atoms with Gasteiger partial charge in [0.1, 0.15) is 5.82 Å². The van der Waals surface area contributed by atoms with Gasteiger partial charge < -0.3 is 4.42 Å². The first kappa shape index (κ1) is 16.9. The van der Waals surface area contributed by atoms with Crippen LogP contribution in [0.5, 0.6) is 0 Å². The van der Waals surface area contributed by atoms with Crippen molar-refractivity contribution < 1.29 is 17.2 Å². The van der Waals surface area contributed by atoms with Gasteiger partial charge in [0, 0.05) is 23.5 Å². The van der Waals surface area contributed by atoms with Gasteiger partial charge >= 0.3 is 0 Å². The third kappa shape index (κ3) is 3.58. The minimum atomic E-state index is -3.77. The van der Waals surface area contributed by atoms with Crippen LogP contribution in [0.1, 0.15) is 16.0 Å². The van der Waals surface area contributed by atoms with Gasteiger partial charge in [-0.25, -0.2) is 12.8 Å². The van der Waals surface area contributed by atoms with Crippen LogP contribution in [0.3, 0.4) is 0 Å². The van der Waals surface area contributed by atoms with Crippen molar-refractivity contribution in [3.8, 4) is 0 Å². The van der Waals surface area contributed by atoms with E-state index >= 15 is 0 Å². The molecule has 0 bridgehead atoms. The van der Waals surface area contributed by atoms with E-state index in [1.165, 1.54) is 46.4 Å². The second-order valence-corrected chi connectivity index (χ2v) is 8.33. The molecule has 3 rings (SSSR count). The summed E-state index contributed by atoms with van der Waals surface area (Å²) < 4.78 is 45.9. The van der Waals surface area contributed by atoms with Crippen LogP contribution in [0.25, 0.3) is 0 Å². The molecule has 0 N–H and O–H groups in total. The molecule has 0 saturated heterocycles. The molecule has 2 heterocycles. The van der Waals surface area contributed by atoms with Crippen LogP contribution in [0.15, 0.2) is 63.6 Å². The molecule has 0 saturated carbocycles. The van der Waals surface area contributed by atoms with E-state index in [4.69, 9.17) is 4.42 Å². The van der Waals surface area contributed by atoms with Crippen LogP contribution in [-0.2, 0) is 23.1 Å². The normalized spacial score (nSPS) is 12.0. The first-order valence-corrected chi connectivity index (χ1v) is 9.58. The quantitative estimate of drug-likeness (QED) is 0.658. The maximum absolute atomic E-state index is 13.3. The summed E-state index contributed by atoms with van der Waals surface area (Å²) in [5.41, 5.74) is 1.15. The number of hydrogen-bond donors (Lipinski definition) is 0. The number of furan rings is 1. The van der Waals surface area contributed by atoms with Gasteiger partial charge in [0.25, 0.3) is 0 Å². The van der Waals surface area contributed by atoms with E-state index in [1.807, 2.05) is 17.5 Å². The lowest BCUT2D eigenvalue weighted by molar-refractivity contribution is 0.401. The van der Waals surface area contributed by atoms with E-state index in [0.717, 1.165) is 10.4 Å². The van der Waals surface area contributed by atoms with Crippen molar-refractivity contribution in [2.45, 2.75) is 24.9 Å². The largest absolute Gasteiger partial charge is 0.472 e. The van der Waals surface area contributed by atoms with Crippen molar-refractivity contribution in [2.75, 3.05) is 0 Å². The van der Waals surface area contributed by atoms with Crippen LogP contribution in [-0.4, -0.2) is 12.7 Å². The highest BCUT2D eigenvalue weighted by Gasteiger charge is 2.27. The second-order valence-electron chi connectivity index (χ2n) is 5.39. The van der Waals surface area contributed by atoms with Crippen LogP contribution in [0, 0.1) is 12.7 Å². The second kappa shape index (κ2) is 6.88. The van der Waals surface area contributed by atoms with Gasteiger partial charge in [-0.3, -0.25) is 0 Å². The third-order valence-electron chi connectivity index (χ3n) is 3.61. The summed E-state index contributed by atoms with van der Waals surface area (Å²) in [6, 6.07) is 9.21. The average Bonchev–Trinajstić information content (AvgIpc) is 3.19. The van der Waals surface area contributed by atoms with Gasteiger partial charge in [0.2, 0.25) is 10.0 Å². The molecule has 7 heteroatoms. The van der Waals surface area contributed by atoms with Gasteiger partial charge in [0.05, 0.1) is 17.4 Å². The first-order chi connectivity index (χ1) is 11.5. The predicted molar refractivity (Wildman–Crippen MR) is 90.6 cm³/mol. The standard InChI is InChI=1S/C17H16FNO3S2/c1-13-9-15(18)4-5-17(13)24(20,21)19(10-14-6-7-22-12-14)11-16-3-2-8-23-16/h2-9,12H,10-11H2,1H3. The molecule has 2 aromatic heterocycles. The Bertz CT molecular complexity index is 867. The summed E-state index contributed by atoms with van der Waals surface area (Å²) in [5, 5.41) is 1.90. The molecule has 0 radical (unpaired) electrons. The summed E-state index contributed by atoms with van der Waals surface area (Å²) in [6.07, 6.45) is 3.03. The minimum absolute atomic E-state index is 0.115. The Morgan fingerprint density at radius 1 is 1.21 bits per heavy atom. The number of sulfonamides is 1. The number of aryl methyl sites for hydroxylation is 1. The minimum Gasteiger partial charge on any atom is -0.472 e. The third-order valence-corrected chi connectivity index (χ3v) is 6.42. The number of nitrogens with zero attached hydrogens (tertiary/aromatic N) is 1. The van der Waals surface area contributed by atoms with Crippen molar-refractivity contribution in [3.63, 3.8) is 0 Å². The number of rotatable bonds is 6. The zero-order chi connectivity index (χ0) is 17.2. The Labute approximate surface area is 144 Å². The maximum atomic E-state index is 13.3. The van der Waals surface area contributed by atoms with E-state index in [1.54, 1.807) is 13.0 Å². The molecule has 0 atom stereocenters. The van der Waals surface area contributed by atoms with Gasteiger partial charge in [-0.05, 0) is 48.2 Å². The molecule has 3 aromatic rings. The van der Waals surface area contributed by atoms with Crippen molar-refractivity contribution >= 4 is 21.4 Å². The molecule has 0 aliphatic rings. The highest BCUT2D eigenvalue weighted by molar-refractivity contribution is 7.89. The highest BCUT2D eigenvalue weighted by atomic mass is 32.2. The lowest BCUT2D eigenvalue weighted by atomic mass is 10.2. The SMILES string of the molecule is Cc1cc(F)ccc1S(=O)(=O)N(Cc1ccoc1)Cc1cccs1. The fourth-order valence-corrected chi connectivity index (χ4v) is 4.84. The Kier molecular flexibility index (Phi) is 4.84. The van der Waals surface area contributed by atoms with E-state index in [0.29, 0.717) is 5.56 Å². The summed E-state index contributed by atoms with van der Waals surface area (Å²) in [5.74, 6) is -0.453. The Morgan fingerprint density at radius 2 is 2.04 bits per heavy atom. The van der Waals surface area contributed by atoms with Crippen LogP contribution in [0.2, 0.25) is 0 Å². The van der Waals surface area contributed by atoms with Gasteiger partial charge in [-0.2, -0.15) is 4.31 Å². The number of benzene rings is 1. The maximum Gasteiger partial charge on any atom is 0.243 e. The van der Waals surface area contributed by atoms with Crippen molar-refractivity contribution in [1.82, 2.24) is 4.31 Å². The summed E-state index contributed by atoms with van der Waals surface area (Å²) in [7, 11) is -3.77. The molecular weight excluding hydrogens is 349 g/mol. The topological polar surface area (TPSA) is 50.5 Å². The van der Waals surface area contributed by atoms with E-state index < -0.39 is 15.8 Å². The van der Waals surface area contributed by atoms with Gasteiger partial charge in [-0.15, -0.1) is 11.3 Å². The van der Waals surface area contributed by atoms with Crippen LogP contribution in [0.4, 0.5) is 4.39 Å². The van der Waals surface area contributed by atoms with E-state index in [9.17, 15) is 12.8 Å². The lowest BCUT2D eigenvalue weighted by Crippen LogP contribution is -2.30. The zero-order valence-electron chi connectivity index (χ0n) is 13.0. The molecular formula is C17H16FNO3S2. The summed E-state index contributed by atoms with van der Waals surface area (Å²) in [4.78, 5) is 1.05. The molecule has 126 valence electrons. The fourth-order valence-electron chi connectivity index (χ4n) is 2.43. The smallest absolute Gasteiger partial charge is 0.243 e. The summed E-state index contributed by atoms with van der Waals surface area (Å²) >= 11 is 1.49. The predicted octanol–water partition coefficient (Wildman–Crippen LogP) is 4.18. The Hall–Kier alpha value is -1.96. The van der Waals surface area contributed by atoms with Crippen LogP contribution < -0.4 is 0 Å². The van der Waals surface area contributed by atoms with Crippen molar-refractivity contribution in [2.24, 2.45) is 0 Å². The molecule has 4 nitrogen and oxygen atoms in total. The van der Waals surface area contributed by atoms with Crippen molar-refractivity contribution in [1.29, 1.82) is 0 Å². The fraction of sp³-hybridized carbons (Fsp3) is 0.176. The lowest BCUT2D eigenvalue weighted by Gasteiger charge is -2.22. The molecule has 1 aromatic carbocycles. The average molecular weight is 365 g/mol. The molecule has 0 spiro atoms. The van der Waals surface area contributed by atoms with Gasteiger partial charge in [0.15, 0.2) is 0 Å². The molecule has 0 aliphatic heterocycles. The molecule has 0 fully saturated rings. The summed E-state index contributed by atoms with van der Waals surface area (Å²) in [6.45, 7) is 2.03. The van der Waals surface area contributed by atoms with Crippen LogP contribution >= 0.6 is 11.3 Å². The Balaban J connectivity index is 1.99.